The zero-order valence-electron chi connectivity index (χ0n) is 13.4. The molecule has 0 aliphatic heterocycles. The summed E-state index contributed by atoms with van der Waals surface area (Å²) >= 11 is 1.02. The highest BCUT2D eigenvalue weighted by Crippen LogP contribution is 2.31. The molecular formula is C14H11F2N5O4S. The lowest BCUT2D eigenvalue weighted by Gasteiger charge is -2.02. The molecular weight excluding hydrogens is 372 g/mol. The van der Waals surface area contributed by atoms with Crippen molar-refractivity contribution < 1.29 is 23.2 Å². The van der Waals surface area contributed by atoms with Crippen LogP contribution < -0.4 is 10.1 Å². The molecule has 9 nitrogen and oxygen atoms in total. The Kier molecular flexibility index (Phi) is 4.50. The smallest absolute Gasteiger partial charge is 0.387 e. The van der Waals surface area contributed by atoms with Crippen LogP contribution in [0.15, 0.2) is 18.2 Å². The summed E-state index contributed by atoms with van der Waals surface area (Å²) < 4.78 is 30.5. The Morgan fingerprint density at radius 3 is 2.85 bits per heavy atom. The first-order valence-corrected chi connectivity index (χ1v) is 7.92. The second-order valence-corrected chi connectivity index (χ2v) is 6.18. The molecule has 0 saturated heterocycles. The van der Waals surface area contributed by atoms with Crippen molar-refractivity contribution in [3.63, 3.8) is 0 Å². The van der Waals surface area contributed by atoms with E-state index in [0.717, 1.165) is 16.0 Å². The largest absolute Gasteiger partial charge is 0.435 e. The fraction of sp³-hybridized carbons (Fsp3) is 0.214. The van der Waals surface area contributed by atoms with E-state index in [1.54, 1.807) is 0 Å². The molecule has 136 valence electrons. The first-order valence-electron chi connectivity index (χ1n) is 7.11. The molecule has 1 N–H and O–H groups in total. The molecule has 0 radical (unpaired) electrons. The number of hydrogen-bond acceptors (Lipinski definition) is 7. The lowest BCUT2D eigenvalue weighted by molar-refractivity contribution is -0.385. The summed E-state index contributed by atoms with van der Waals surface area (Å²) in [5.41, 5.74) is -0.0319. The Labute approximate surface area is 148 Å². The first-order chi connectivity index (χ1) is 12.3. The van der Waals surface area contributed by atoms with E-state index in [9.17, 15) is 23.7 Å². The lowest BCUT2D eigenvalue weighted by Crippen LogP contribution is -2.17. The van der Waals surface area contributed by atoms with Crippen LogP contribution in [0.3, 0.4) is 0 Å². The van der Waals surface area contributed by atoms with Gasteiger partial charge in [-0.3, -0.25) is 24.9 Å². The van der Waals surface area contributed by atoms with E-state index in [1.165, 1.54) is 32.2 Å². The highest BCUT2D eigenvalue weighted by atomic mass is 32.1. The van der Waals surface area contributed by atoms with Gasteiger partial charge in [-0.1, -0.05) is 11.3 Å². The van der Waals surface area contributed by atoms with Crippen molar-refractivity contribution >= 4 is 38.3 Å². The number of halogens is 2. The van der Waals surface area contributed by atoms with E-state index in [4.69, 9.17) is 0 Å². The van der Waals surface area contributed by atoms with Crippen molar-refractivity contribution in [3.8, 4) is 5.75 Å². The molecule has 3 rings (SSSR count). The number of rotatable bonds is 5. The average Bonchev–Trinajstić information content (AvgIpc) is 3.05. The number of aromatic nitrogens is 3. The van der Waals surface area contributed by atoms with Crippen molar-refractivity contribution in [2.45, 2.75) is 13.5 Å². The van der Waals surface area contributed by atoms with E-state index in [1.807, 2.05) is 0 Å². The molecule has 0 aliphatic rings. The normalized spacial score (nSPS) is 11.1. The quantitative estimate of drug-likeness (QED) is 0.535. The average molecular weight is 383 g/mol. The first kappa shape index (κ1) is 17.7. The van der Waals surface area contributed by atoms with Crippen molar-refractivity contribution in [1.82, 2.24) is 14.8 Å². The second kappa shape index (κ2) is 6.63. The van der Waals surface area contributed by atoms with Crippen molar-refractivity contribution in [3.05, 3.63) is 39.7 Å². The maximum Gasteiger partial charge on any atom is 0.387 e. The van der Waals surface area contributed by atoms with Crippen LogP contribution >= 0.6 is 11.3 Å². The van der Waals surface area contributed by atoms with Crippen LogP contribution in [0.25, 0.3) is 10.2 Å². The molecule has 2 heterocycles. The van der Waals surface area contributed by atoms with E-state index in [0.29, 0.717) is 10.2 Å². The number of hydrogen-bond donors (Lipinski definition) is 1. The molecule has 0 saturated carbocycles. The minimum absolute atomic E-state index is 0.0353. The predicted molar refractivity (Wildman–Crippen MR) is 88.8 cm³/mol. The fourth-order valence-electron chi connectivity index (χ4n) is 2.41. The molecule has 0 aliphatic carbocycles. The number of nitro groups is 1. The minimum Gasteiger partial charge on any atom is -0.435 e. The standard InChI is InChI=1S/C14H11F2N5O4S/c1-6-10(21(23)24)11(20(2)19-6)12(22)18-14-17-8-4-3-7(25-13(15)16)5-9(8)26-14/h3-5,13H,1-2H3,(H,17,18,22). The summed E-state index contributed by atoms with van der Waals surface area (Å²) in [6, 6.07) is 4.16. The molecule has 2 aromatic heterocycles. The van der Waals surface area contributed by atoms with Crippen LogP contribution in [0.5, 0.6) is 5.75 Å². The second-order valence-electron chi connectivity index (χ2n) is 5.14. The molecule has 0 fully saturated rings. The zero-order chi connectivity index (χ0) is 19.0. The van der Waals surface area contributed by atoms with Gasteiger partial charge in [0.2, 0.25) is 5.69 Å². The van der Waals surface area contributed by atoms with Gasteiger partial charge in [0.1, 0.15) is 11.4 Å². The highest BCUT2D eigenvalue weighted by molar-refractivity contribution is 7.22. The van der Waals surface area contributed by atoms with Crippen LogP contribution in [0.1, 0.15) is 16.2 Å². The van der Waals surface area contributed by atoms with E-state index < -0.39 is 23.1 Å². The number of carbonyl (C=O) groups excluding carboxylic acids is 1. The fourth-order valence-corrected chi connectivity index (χ4v) is 3.30. The Hall–Kier alpha value is -3.15. The lowest BCUT2D eigenvalue weighted by atomic mass is 10.3. The van der Waals surface area contributed by atoms with Crippen LogP contribution in [-0.4, -0.2) is 32.2 Å². The van der Waals surface area contributed by atoms with Crippen LogP contribution in [-0.2, 0) is 7.05 Å². The monoisotopic (exact) mass is 383 g/mol. The van der Waals surface area contributed by atoms with Gasteiger partial charge < -0.3 is 4.74 Å². The third-order valence-corrected chi connectivity index (χ3v) is 4.33. The minimum atomic E-state index is -2.95. The van der Waals surface area contributed by atoms with E-state index in [2.05, 4.69) is 20.1 Å². The van der Waals surface area contributed by atoms with Crippen molar-refractivity contribution in [1.29, 1.82) is 0 Å². The van der Waals surface area contributed by atoms with Crippen molar-refractivity contribution in [2.75, 3.05) is 5.32 Å². The summed E-state index contributed by atoms with van der Waals surface area (Å²) in [6.07, 6.45) is 0. The SMILES string of the molecule is Cc1nn(C)c(C(=O)Nc2nc3ccc(OC(F)F)cc3s2)c1[N+](=O)[O-]. The highest BCUT2D eigenvalue weighted by Gasteiger charge is 2.29. The number of anilines is 1. The van der Waals surface area contributed by atoms with E-state index >= 15 is 0 Å². The molecule has 3 aromatic rings. The number of aryl methyl sites for hydroxylation is 2. The summed E-state index contributed by atoms with van der Waals surface area (Å²) in [6.45, 7) is -1.52. The molecule has 1 aromatic carbocycles. The summed E-state index contributed by atoms with van der Waals surface area (Å²) in [4.78, 5) is 27.1. The molecule has 0 atom stereocenters. The predicted octanol–water partition coefficient (Wildman–Crippen LogP) is 3.10. The number of benzene rings is 1. The third kappa shape index (κ3) is 3.31. The molecule has 0 bridgehead atoms. The molecule has 0 spiro atoms. The van der Waals surface area contributed by atoms with Gasteiger partial charge in [-0.05, 0) is 25.1 Å². The van der Waals surface area contributed by atoms with Crippen LogP contribution in [0, 0.1) is 17.0 Å². The third-order valence-electron chi connectivity index (χ3n) is 3.39. The van der Waals surface area contributed by atoms with Gasteiger partial charge >= 0.3 is 12.3 Å². The molecule has 26 heavy (non-hydrogen) atoms. The number of nitrogens with zero attached hydrogens (tertiary/aromatic N) is 4. The zero-order valence-corrected chi connectivity index (χ0v) is 14.2. The number of fused-ring (bicyclic) bond motifs is 1. The van der Waals surface area contributed by atoms with Gasteiger partial charge in [0.25, 0.3) is 5.91 Å². The number of ether oxygens (including phenoxy) is 1. The Morgan fingerprint density at radius 1 is 1.46 bits per heavy atom. The van der Waals surface area contributed by atoms with Crippen LogP contribution in [0.2, 0.25) is 0 Å². The number of thiazole rings is 1. The Balaban J connectivity index is 1.89. The Morgan fingerprint density at radius 2 is 2.19 bits per heavy atom. The number of alkyl halides is 2. The van der Waals surface area contributed by atoms with Gasteiger partial charge in [0.15, 0.2) is 5.13 Å². The van der Waals surface area contributed by atoms with Crippen LogP contribution in [0.4, 0.5) is 19.6 Å². The van der Waals surface area contributed by atoms with Gasteiger partial charge in [-0.15, -0.1) is 0 Å². The summed E-state index contributed by atoms with van der Waals surface area (Å²) in [5, 5.41) is 17.7. The number of carbonyl (C=O) groups is 1. The van der Waals surface area contributed by atoms with Gasteiger partial charge in [0, 0.05) is 7.05 Å². The van der Waals surface area contributed by atoms with Gasteiger partial charge in [-0.25, -0.2) is 4.98 Å². The molecule has 1 amide bonds. The maximum absolute atomic E-state index is 12.4. The number of amides is 1. The summed E-state index contributed by atoms with van der Waals surface area (Å²) in [5.74, 6) is -0.783. The van der Waals surface area contributed by atoms with Gasteiger partial charge in [-0.2, -0.15) is 13.9 Å². The van der Waals surface area contributed by atoms with E-state index in [-0.39, 0.29) is 22.3 Å². The topological polar surface area (TPSA) is 112 Å². The molecule has 0 unspecified atom stereocenters. The van der Waals surface area contributed by atoms with Gasteiger partial charge in [0.05, 0.1) is 15.1 Å². The number of nitrogens with one attached hydrogen (secondary N) is 1. The summed E-state index contributed by atoms with van der Waals surface area (Å²) in [7, 11) is 1.42. The maximum atomic E-state index is 12.4. The Bertz CT molecular complexity index is 1020. The van der Waals surface area contributed by atoms with Crippen molar-refractivity contribution in [2.24, 2.45) is 7.05 Å². The molecule has 12 heteroatoms.